The van der Waals surface area contributed by atoms with Gasteiger partial charge in [-0.25, -0.2) is 0 Å². The Balaban J connectivity index is 1.63. The molecule has 1 heterocycles. The van der Waals surface area contributed by atoms with Crippen LogP contribution in [0.5, 0.6) is 5.75 Å². The molecule has 0 aliphatic rings. The number of aromatic amines is 1. The topological polar surface area (TPSA) is 25.0 Å². The van der Waals surface area contributed by atoms with Gasteiger partial charge in [-0.3, -0.25) is 0 Å². The van der Waals surface area contributed by atoms with Crippen LogP contribution in [-0.2, 0) is 12.0 Å². The Morgan fingerprint density at radius 2 is 1.52 bits per heavy atom. The van der Waals surface area contributed by atoms with Crippen LogP contribution < -0.4 is 4.74 Å². The third kappa shape index (κ3) is 3.00. The molecule has 4 rings (SSSR count). The van der Waals surface area contributed by atoms with E-state index >= 15 is 0 Å². The minimum Gasteiger partial charge on any atom is -0.488 e. The van der Waals surface area contributed by atoms with E-state index in [1.807, 2.05) is 12.1 Å². The molecule has 0 aliphatic carbocycles. The summed E-state index contributed by atoms with van der Waals surface area (Å²) in [7, 11) is 0. The van der Waals surface area contributed by atoms with Gasteiger partial charge in [-0.15, -0.1) is 0 Å². The zero-order chi connectivity index (χ0) is 17.4. The smallest absolute Gasteiger partial charge is 0.129 e. The highest BCUT2D eigenvalue weighted by atomic mass is 16.5. The van der Waals surface area contributed by atoms with Gasteiger partial charge in [0.1, 0.15) is 12.4 Å². The molecule has 0 bridgehead atoms. The Bertz CT molecular complexity index is 1020. The molecule has 1 aromatic heterocycles. The van der Waals surface area contributed by atoms with E-state index in [0.717, 1.165) is 22.2 Å². The summed E-state index contributed by atoms with van der Waals surface area (Å²) in [5.74, 6) is 0.926. The molecule has 1 N–H and O–H groups in total. The summed E-state index contributed by atoms with van der Waals surface area (Å²) in [6, 6.07) is 23.3. The number of para-hydroxylation sites is 1. The highest BCUT2D eigenvalue weighted by Crippen LogP contribution is 2.33. The van der Waals surface area contributed by atoms with E-state index in [1.54, 1.807) is 0 Å². The first-order valence-electron chi connectivity index (χ1n) is 8.74. The first kappa shape index (κ1) is 15.8. The molecule has 0 saturated heterocycles. The molecule has 0 fully saturated rings. The number of aromatic nitrogens is 1. The molecular weight excluding hydrogens is 306 g/mol. The molecule has 0 atom stereocenters. The molecule has 25 heavy (non-hydrogen) atoms. The highest BCUT2D eigenvalue weighted by molar-refractivity contribution is 6.10. The van der Waals surface area contributed by atoms with Crippen molar-refractivity contribution < 1.29 is 4.74 Å². The zero-order valence-electron chi connectivity index (χ0n) is 15.0. The lowest BCUT2D eigenvalue weighted by atomic mass is 9.87. The number of nitrogens with one attached hydrogen (secondary N) is 1. The average Bonchev–Trinajstić information content (AvgIpc) is 2.98. The Hall–Kier alpha value is -2.74. The van der Waals surface area contributed by atoms with Crippen LogP contribution in [0.4, 0.5) is 0 Å². The van der Waals surface area contributed by atoms with Crippen molar-refractivity contribution >= 4 is 21.8 Å². The van der Waals surface area contributed by atoms with Gasteiger partial charge in [0.25, 0.3) is 0 Å². The van der Waals surface area contributed by atoms with Crippen LogP contribution >= 0.6 is 0 Å². The second-order valence-electron chi connectivity index (χ2n) is 7.58. The summed E-state index contributed by atoms with van der Waals surface area (Å²) < 4.78 is 6.18. The van der Waals surface area contributed by atoms with E-state index in [1.165, 1.54) is 16.5 Å². The normalized spacial score (nSPS) is 12.0. The van der Waals surface area contributed by atoms with Crippen LogP contribution in [0.2, 0.25) is 0 Å². The lowest BCUT2D eigenvalue weighted by Gasteiger charge is -2.19. The van der Waals surface area contributed by atoms with Crippen molar-refractivity contribution in [1.82, 2.24) is 4.98 Å². The van der Waals surface area contributed by atoms with Gasteiger partial charge in [-0.2, -0.15) is 0 Å². The number of ether oxygens (including phenoxy) is 1. The van der Waals surface area contributed by atoms with Gasteiger partial charge in [0.2, 0.25) is 0 Å². The molecule has 0 saturated carbocycles. The fourth-order valence-electron chi connectivity index (χ4n) is 3.25. The van der Waals surface area contributed by atoms with Gasteiger partial charge in [-0.05, 0) is 34.7 Å². The number of hydrogen-bond donors (Lipinski definition) is 1. The van der Waals surface area contributed by atoms with Gasteiger partial charge in [0.05, 0.1) is 5.52 Å². The predicted octanol–water partition coefficient (Wildman–Crippen LogP) is 6.20. The van der Waals surface area contributed by atoms with E-state index < -0.39 is 0 Å². The Morgan fingerprint density at radius 1 is 0.800 bits per heavy atom. The molecule has 3 aromatic carbocycles. The maximum atomic E-state index is 6.18. The van der Waals surface area contributed by atoms with Gasteiger partial charge in [0, 0.05) is 16.3 Å². The van der Waals surface area contributed by atoms with Crippen molar-refractivity contribution in [3.63, 3.8) is 0 Å². The second kappa shape index (κ2) is 5.96. The quantitative estimate of drug-likeness (QED) is 0.476. The number of fused-ring (bicyclic) bond motifs is 3. The van der Waals surface area contributed by atoms with Crippen molar-refractivity contribution in [1.29, 1.82) is 0 Å². The van der Waals surface area contributed by atoms with E-state index in [0.29, 0.717) is 6.61 Å². The molecule has 2 heteroatoms. The van der Waals surface area contributed by atoms with Crippen molar-refractivity contribution in [2.24, 2.45) is 0 Å². The lowest BCUT2D eigenvalue weighted by molar-refractivity contribution is 0.310. The largest absolute Gasteiger partial charge is 0.488 e. The van der Waals surface area contributed by atoms with Crippen molar-refractivity contribution in [3.05, 3.63) is 77.9 Å². The molecule has 0 amide bonds. The number of benzene rings is 3. The Labute approximate surface area is 148 Å². The van der Waals surface area contributed by atoms with Crippen LogP contribution in [0.1, 0.15) is 31.9 Å². The molecule has 2 nitrogen and oxygen atoms in total. The molecule has 0 spiro atoms. The summed E-state index contributed by atoms with van der Waals surface area (Å²) in [6.07, 6.45) is 0. The van der Waals surface area contributed by atoms with E-state index in [4.69, 9.17) is 4.74 Å². The van der Waals surface area contributed by atoms with E-state index in [9.17, 15) is 0 Å². The Kier molecular flexibility index (Phi) is 3.76. The van der Waals surface area contributed by atoms with Gasteiger partial charge in [-0.1, -0.05) is 69.3 Å². The molecular formula is C23H23NO. The first-order chi connectivity index (χ1) is 12.0. The average molecular weight is 329 g/mol. The van der Waals surface area contributed by atoms with Crippen LogP contribution in [0.15, 0.2) is 66.7 Å². The second-order valence-corrected chi connectivity index (χ2v) is 7.58. The van der Waals surface area contributed by atoms with Crippen LogP contribution in [0.25, 0.3) is 21.8 Å². The summed E-state index contributed by atoms with van der Waals surface area (Å²) in [5, 5.41) is 2.36. The van der Waals surface area contributed by atoms with Gasteiger partial charge >= 0.3 is 0 Å². The maximum absolute atomic E-state index is 6.18. The predicted molar refractivity (Wildman–Crippen MR) is 105 cm³/mol. The van der Waals surface area contributed by atoms with Crippen molar-refractivity contribution in [3.8, 4) is 5.75 Å². The van der Waals surface area contributed by atoms with Gasteiger partial charge in [0.15, 0.2) is 0 Å². The SMILES string of the molecule is CC(C)(C)c1ccc(COc2cccc3[nH]c4ccccc4c23)cc1. The maximum Gasteiger partial charge on any atom is 0.129 e. The molecule has 4 aromatic rings. The molecule has 0 aliphatic heterocycles. The third-order valence-electron chi connectivity index (χ3n) is 4.71. The first-order valence-corrected chi connectivity index (χ1v) is 8.74. The molecule has 126 valence electrons. The fraction of sp³-hybridized carbons (Fsp3) is 0.217. The monoisotopic (exact) mass is 329 g/mol. The number of H-pyrrole nitrogens is 1. The standard InChI is InChI=1S/C23H23NO/c1-23(2,3)17-13-11-16(12-14-17)15-25-21-10-6-9-20-22(21)18-7-4-5-8-19(18)24-20/h4-14,24H,15H2,1-3H3. The van der Waals surface area contributed by atoms with Crippen molar-refractivity contribution in [2.45, 2.75) is 32.8 Å². The molecule has 0 radical (unpaired) electrons. The van der Waals surface area contributed by atoms with Crippen LogP contribution in [0, 0.1) is 0 Å². The summed E-state index contributed by atoms with van der Waals surface area (Å²) in [4.78, 5) is 3.46. The van der Waals surface area contributed by atoms with Gasteiger partial charge < -0.3 is 9.72 Å². The lowest BCUT2D eigenvalue weighted by Crippen LogP contribution is -2.10. The third-order valence-corrected chi connectivity index (χ3v) is 4.71. The van der Waals surface area contributed by atoms with Crippen molar-refractivity contribution in [2.75, 3.05) is 0 Å². The molecule has 0 unspecified atom stereocenters. The zero-order valence-corrected chi connectivity index (χ0v) is 15.0. The summed E-state index contributed by atoms with van der Waals surface area (Å²) in [5.41, 5.74) is 4.96. The van der Waals surface area contributed by atoms with Crippen LogP contribution in [-0.4, -0.2) is 4.98 Å². The fourth-order valence-corrected chi connectivity index (χ4v) is 3.25. The summed E-state index contributed by atoms with van der Waals surface area (Å²) >= 11 is 0. The Morgan fingerprint density at radius 3 is 2.28 bits per heavy atom. The van der Waals surface area contributed by atoms with E-state index in [-0.39, 0.29) is 5.41 Å². The van der Waals surface area contributed by atoms with Crippen LogP contribution in [0.3, 0.4) is 0 Å². The minimum atomic E-state index is 0.176. The van der Waals surface area contributed by atoms with E-state index in [2.05, 4.69) is 80.4 Å². The summed E-state index contributed by atoms with van der Waals surface area (Å²) in [6.45, 7) is 7.27. The number of rotatable bonds is 3. The minimum absolute atomic E-state index is 0.176. The highest BCUT2D eigenvalue weighted by Gasteiger charge is 2.13. The number of hydrogen-bond acceptors (Lipinski definition) is 1.